The number of carbonyl (C=O) groups is 1. The average molecular weight is 374 g/mol. The fourth-order valence-corrected chi connectivity index (χ4v) is 2.22. The minimum absolute atomic E-state index is 0.139. The summed E-state index contributed by atoms with van der Waals surface area (Å²) in [5.74, 6) is -0.660. The van der Waals surface area contributed by atoms with Gasteiger partial charge in [-0.15, -0.1) is 0 Å². The van der Waals surface area contributed by atoms with Crippen molar-refractivity contribution in [1.29, 1.82) is 0 Å². The first-order chi connectivity index (χ1) is 10.3. The molecule has 1 amide bonds. The van der Waals surface area contributed by atoms with Crippen LogP contribution < -0.4 is 5.32 Å². The first-order valence-electron chi connectivity index (χ1n) is 6.21. The molecule has 0 unspecified atom stereocenters. The van der Waals surface area contributed by atoms with E-state index >= 15 is 0 Å². The summed E-state index contributed by atoms with van der Waals surface area (Å²) in [6.45, 7) is 0. The predicted octanol–water partition coefficient (Wildman–Crippen LogP) is 4.35. The van der Waals surface area contributed by atoms with E-state index in [0.717, 1.165) is 12.1 Å². The van der Waals surface area contributed by atoms with Gasteiger partial charge in [-0.2, -0.15) is 13.2 Å². The number of hydrogen-bond donors (Lipinski definition) is 2. The van der Waals surface area contributed by atoms with Crippen molar-refractivity contribution < 1.29 is 23.1 Å². The average Bonchev–Trinajstić information content (AvgIpc) is 2.43. The summed E-state index contributed by atoms with van der Waals surface area (Å²) in [5.41, 5.74) is -0.378. The fraction of sp³-hybridized carbons (Fsp3) is 0.133. The molecule has 7 heteroatoms. The lowest BCUT2D eigenvalue weighted by atomic mass is 10.1. The quantitative estimate of drug-likeness (QED) is 0.785. The highest BCUT2D eigenvalue weighted by atomic mass is 79.9. The molecule has 2 N–H and O–H groups in total. The van der Waals surface area contributed by atoms with E-state index in [1.54, 1.807) is 12.1 Å². The minimum Gasteiger partial charge on any atom is -0.505 e. The molecule has 116 valence electrons. The second-order valence-corrected chi connectivity index (χ2v) is 5.41. The Labute approximate surface area is 132 Å². The van der Waals surface area contributed by atoms with Gasteiger partial charge in [0.25, 0.3) is 0 Å². The molecule has 3 nitrogen and oxygen atoms in total. The van der Waals surface area contributed by atoms with Gasteiger partial charge in [0.1, 0.15) is 0 Å². The topological polar surface area (TPSA) is 49.3 Å². The highest BCUT2D eigenvalue weighted by Gasteiger charge is 2.30. The van der Waals surface area contributed by atoms with E-state index in [0.29, 0.717) is 4.47 Å². The number of benzene rings is 2. The Hall–Kier alpha value is -2.02. The first kappa shape index (κ1) is 16.4. The number of alkyl halides is 3. The van der Waals surface area contributed by atoms with Gasteiger partial charge in [-0.25, -0.2) is 0 Å². The number of carbonyl (C=O) groups excluding carboxylic acids is 1. The van der Waals surface area contributed by atoms with Crippen LogP contribution in [0.5, 0.6) is 5.75 Å². The molecule has 22 heavy (non-hydrogen) atoms. The van der Waals surface area contributed by atoms with Crippen LogP contribution >= 0.6 is 15.9 Å². The normalized spacial score (nSPS) is 11.3. The summed E-state index contributed by atoms with van der Waals surface area (Å²) < 4.78 is 38.2. The molecule has 0 heterocycles. The Balaban J connectivity index is 2.11. The van der Waals surface area contributed by atoms with Crippen LogP contribution in [0.3, 0.4) is 0 Å². The van der Waals surface area contributed by atoms with Crippen molar-refractivity contribution in [3.8, 4) is 5.75 Å². The van der Waals surface area contributed by atoms with Crippen molar-refractivity contribution in [2.75, 3.05) is 5.32 Å². The van der Waals surface area contributed by atoms with Crippen LogP contribution in [-0.4, -0.2) is 11.0 Å². The lowest BCUT2D eigenvalue weighted by Crippen LogP contribution is -2.15. The predicted molar refractivity (Wildman–Crippen MR) is 79.6 cm³/mol. The molecule has 0 fully saturated rings. The molecule has 2 rings (SSSR count). The van der Waals surface area contributed by atoms with Gasteiger partial charge in [0.15, 0.2) is 5.75 Å². The molecule has 2 aromatic carbocycles. The Morgan fingerprint density at radius 3 is 2.55 bits per heavy atom. The number of anilines is 1. The molecule has 2 aromatic rings. The fourth-order valence-electron chi connectivity index (χ4n) is 1.85. The molecular weight excluding hydrogens is 363 g/mol. The third-order valence-corrected chi connectivity index (χ3v) is 3.52. The van der Waals surface area contributed by atoms with E-state index in [9.17, 15) is 23.1 Å². The Bertz CT molecular complexity index is 701. The van der Waals surface area contributed by atoms with E-state index in [2.05, 4.69) is 21.2 Å². The molecule has 0 radical (unpaired) electrons. The van der Waals surface area contributed by atoms with Crippen LogP contribution in [0.1, 0.15) is 11.1 Å². The van der Waals surface area contributed by atoms with Gasteiger partial charge in [0.05, 0.1) is 22.1 Å². The second-order valence-electron chi connectivity index (χ2n) is 4.56. The molecule has 0 aliphatic rings. The number of rotatable bonds is 3. The SMILES string of the molecule is O=C(Cc1cccc(C(F)(F)F)c1)Nc1cccc(Br)c1O. The van der Waals surface area contributed by atoms with Gasteiger partial charge in [0.2, 0.25) is 5.91 Å². The van der Waals surface area contributed by atoms with Gasteiger partial charge < -0.3 is 10.4 Å². The Kier molecular flexibility index (Phi) is 4.75. The smallest absolute Gasteiger partial charge is 0.416 e. The largest absolute Gasteiger partial charge is 0.505 e. The molecule has 0 bridgehead atoms. The van der Waals surface area contributed by atoms with Gasteiger partial charge in [-0.3, -0.25) is 4.79 Å². The molecular formula is C15H11BrF3NO2. The number of halogens is 4. The summed E-state index contributed by atoms with van der Waals surface area (Å²) in [6, 6.07) is 9.27. The van der Waals surface area contributed by atoms with Gasteiger partial charge in [-0.1, -0.05) is 24.3 Å². The molecule has 0 saturated carbocycles. The standard InChI is InChI=1S/C15H11BrF3NO2/c16-11-5-2-6-12(14(11)22)20-13(21)8-9-3-1-4-10(7-9)15(17,18)19/h1-7,22H,8H2,(H,20,21). The number of phenols is 1. The highest BCUT2D eigenvalue weighted by molar-refractivity contribution is 9.10. The van der Waals surface area contributed by atoms with E-state index in [-0.39, 0.29) is 23.4 Å². The maximum Gasteiger partial charge on any atom is 0.416 e. The number of nitrogens with one attached hydrogen (secondary N) is 1. The zero-order valence-electron chi connectivity index (χ0n) is 11.1. The summed E-state index contributed by atoms with van der Waals surface area (Å²) in [6.07, 6.45) is -4.68. The minimum atomic E-state index is -4.45. The van der Waals surface area contributed by atoms with Crippen LogP contribution in [0.25, 0.3) is 0 Å². The molecule has 0 aliphatic heterocycles. The molecule has 0 aliphatic carbocycles. The number of para-hydroxylation sites is 1. The molecule has 0 atom stereocenters. The lowest BCUT2D eigenvalue weighted by Gasteiger charge is -2.10. The maximum atomic E-state index is 12.6. The van der Waals surface area contributed by atoms with E-state index in [1.807, 2.05) is 0 Å². The van der Waals surface area contributed by atoms with E-state index < -0.39 is 17.6 Å². The van der Waals surface area contributed by atoms with Crippen molar-refractivity contribution in [2.24, 2.45) is 0 Å². The summed E-state index contributed by atoms with van der Waals surface area (Å²) in [7, 11) is 0. The maximum absolute atomic E-state index is 12.6. The van der Waals surface area contributed by atoms with E-state index in [4.69, 9.17) is 0 Å². The molecule has 0 aromatic heterocycles. The van der Waals surface area contributed by atoms with Gasteiger partial charge in [-0.05, 0) is 39.7 Å². The Morgan fingerprint density at radius 2 is 1.86 bits per heavy atom. The van der Waals surface area contributed by atoms with Crippen molar-refractivity contribution in [2.45, 2.75) is 12.6 Å². The van der Waals surface area contributed by atoms with Gasteiger partial charge in [0, 0.05) is 0 Å². The van der Waals surface area contributed by atoms with Crippen LogP contribution in [0, 0.1) is 0 Å². The first-order valence-corrected chi connectivity index (χ1v) is 7.00. The number of aromatic hydroxyl groups is 1. The van der Waals surface area contributed by atoms with Crippen LogP contribution in [-0.2, 0) is 17.4 Å². The van der Waals surface area contributed by atoms with Crippen LogP contribution in [0.2, 0.25) is 0 Å². The number of phenolic OH excluding ortho intramolecular Hbond substituents is 1. The van der Waals surface area contributed by atoms with Crippen LogP contribution in [0.15, 0.2) is 46.9 Å². The second kappa shape index (κ2) is 6.39. The zero-order valence-corrected chi connectivity index (χ0v) is 12.7. The number of amides is 1. The van der Waals surface area contributed by atoms with E-state index in [1.165, 1.54) is 18.2 Å². The van der Waals surface area contributed by atoms with Crippen molar-refractivity contribution in [3.63, 3.8) is 0 Å². The zero-order chi connectivity index (χ0) is 16.3. The summed E-state index contributed by atoms with van der Waals surface area (Å²) in [4.78, 5) is 11.9. The van der Waals surface area contributed by atoms with Crippen molar-refractivity contribution in [3.05, 3.63) is 58.1 Å². The Morgan fingerprint density at radius 1 is 1.18 bits per heavy atom. The van der Waals surface area contributed by atoms with Crippen molar-refractivity contribution in [1.82, 2.24) is 0 Å². The lowest BCUT2D eigenvalue weighted by molar-refractivity contribution is -0.137. The number of hydrogen-bond acceptors (Lipinski definition) is 2. The summed E-state index contributed by atoms with van der Waals surface area (Å²) in [5, 5.41) is 12.2. The summed E-state index contributed by atoms with van der Waals surface area (Å²) >= 11 is 3.11. The monoisotopic (exact) mass is 373 g/mol. The highest BCUT2D eigenvalue weighted by Crippen LogP contribution is 2.32. The van der Waals surface area contributed by atoms with Gasteiger partial charge >= 0.3 is 6.18 Å². The third kappa shape index (κ3) is 4.00. The third-order valence-electron chi connectivity index (χ3n) is 2.88. The molecule has 0 spiro atoms. The molecule has 0 saturated heterocycles. The van der Waals surface area contributed by atoms with Crippen LogP contribution in [0.4, 0.5) is 18.9 Å². The van der Waals surface area contributed by atoms with Crippen molar-refractivity contribution >= 4 is 27.5 Å².